The first-order chi connectivity index (χ1) is 9.26. The second-order valence-electron chi connectivity index (χ2n) is 5.43. The molecule has 0 aliphatic carbocycles. The van der Waals surface area contributed by atoms with Gasteiger partial charge in [-0.2, -0.15) is 0 Å². The quantitative estimate of drug-likeness (QED) is 0.690. The highest BCUT2D eigenvalue weighted by Gasteiger charge is 2.22. The van der Waals surface area contributed by atoms with Crippen molar-refractivity contribution >= 4 is 17.3 Å². The molecule has 1 amide bonds. The van der Waals surface area contributed by atoms with E-state index >= 15 is 0 Å². The molecule has 0 bridgehead atoms. The summed E-state index contributed by atoms with van der Waals surface area (Å²) in [4.78, 5) is 13.7. The van der Waals surface area contributed by atoms with E-state index in [0.29, 0.717) is 12.2 Å². The van der Waals surface area contributed by atoms with Crippen LogP contribution >= 0.6 is 0 Å². The summed E-state index contributed by atoms with van der Waals surface area (Å²) in [7, 11) is 1.82. The van der Waals surface area contributed by atoms with Crippen molar-refractivity contribution in [1.82, 2.24) is 4.90 Å². The van der Waals surface area contributed by atoms with E-state index in [4.69, 9.17) is 5.73 Å². The number of aliphatic hydroxyl groups is 1. The van der Waals surface area contributed by atoms with Gasteiger partial charge in [-0.15, -0.1) is 0 Å². The minimum Gasteiger partial charge on any atom is -0.399 e. The van der Waals surface area contributed by atoms with Crippen molar-refractivity contribution in [2.24, 2.45) is 0 Å². The van der Waals surface area contributed by atoms with Gasteiger partial charge < -0.3 is 16.2 Å². The molecule has 0 saturated carbocycles. The molecule has 0 spiro atoms. The first-order valence-electron chi connectivity index (χ1n) is 6.43. The van der Waals surface area contributed by atoms with Crippen LogP contribution < -0.4 is 11.1 Å². The molecule has 112 valence electrons. The monoisotopic (exact) mass is 283 g/mol. The molecule has 0 fully saturated rings. The van der Waals surface area contributed by atoms with Crippen LogP contribution in [-0.2, 0) is 4.79 Å². The Bertz CT molecular complexity index is 477. The van der Waals surface area contributed by atoms with Gasteiger partial charge in [-0.3, -0.25) is 9.69 Å². The van der Waals surface area contributed by atoms with Gasteiger partial charge in [-0.05, 0) is 39.1 Å². The molecule has 5 nitrogen and oxygen atoms in total. The number of carbonyl (C=O) groups is 1. The Hall–Kier alpha value is -1.66. The summed E-state index contributed by atoms with van der Waals surface area (Å²) in [6, 6.07) is 4.03. The molecular weight excluding hydrogens is 261 g/mol. The second kappa shape index (κ2) is 6.67. The highest BCUT2D eigenvalue weighted by atomic mass is 19.1. The molecular formula is C14H22FN3O2. The molecule has 0 heterocycles. The number of nitrogen functional groups attached to an aromatic ring is 1. The molecule has 1 aromatic carbocycles. The summed E-state index contributed by atoms with van der Waals surface area (Å²) in [6.07, 6.45) is 0.203. The summed E-state index contributed by atoms with van der Waals surface area (Å²) in [5.74, 6) is -0.813. The van der Waals surface area contributed by atoms with Crippen LogP contribution in [0.15, 0.2) is 18.2 Å². The third-order valence-corrected chi connectivity index (χ3v) is 3.36. The van der Waals surface area contributed by atoms with Crippen LogP contribution in [0.25, 0.3) is 0 Å². The van der Waals surface area contributed by atoms with E-state index in [9.17, 15) is 14.3 Å². The molecule has 1 aromatic rings. The Morgan fingerprint density at radius 3 is 2.75 bits per heavy atom. The summed E-state index contributed by atoms with van der Waals surface area (Å²) in [5, 5.41) is 11.7. The van der Waals surface area contributed by atoms with E-state index in [-0.39, 0.29) is 24.6 Å². The first kappa shape index (κ1) is 16.4. The predicted octanol–water partition coefficient (Wildman–Crippen LogP) is 1.44. The predicted molar refractivity (Wildman–Crippen MR) is 77.9 cm³/mol. The fourth-order valence-corrected chi connectivity index (χ4v) is 1.54. The molecule has 0 saturated heterocycles. The molecule has 1 rings (SSSR count). The zero-order chi connectivity index (χ0) is 15.3. The maximum Gasteiger partial charge on any atom is 0.225 e. The Labute approximate surface area is 118 Å². The summed E-state index contributed by atoms with van der Waals surface area (Å²) in [5.41, 5.74) is 5.62. The number of nitrogens with one attached hydrogen (secondary N) is 1. The normalized spacial score (nSPS) is 11.7. The Kier molecular flexibility index (Phi) is 5.47. The van der Waals surface area contributed by atoms with Crippen LogP contribution in [0.1, 0.15) is 20.3 Å². The van der Waals surface area contributed by atoms with Gasteiger partial charge in [0.25, 0.3) is 0 Å². The molecule has 0 radical (unpaired) electrons. The van der Waals surface area contributed by atoms with Crippen molar-refractivity contribution in [1.29, 1.82) is 0 Å². The minimum atomic E-state index is -0.517. The zero-order valence-electron chi connectivity index (χ0n) is 12.1. The van der Waals surface area contributed by atoms with E-state index in [1.807, 2.05) is 25.8 Å². The number of amides is 1. The van der Waals surface area contributed by atoms with Crippen LogP contribution in [-0.4, -0.2) is 41.7 Å². The molecule has 6 heteroatoms. The van der Waals surface area contributed by atoms with Crippen molar-refractivity contribution in [3.63, 3.8) is 0 Å². The van der Waals surface area contributed by atoms with Gasteiger partial charge in [0, 0.05) is 24.2 Å². The highest BCUT2D eigenvalue weighted by molar-refractivity contribution is 5.91. The van der Waals surface area contributed by atoms with Crippen LogP contribution in [0.4, 0.5) is 15.8 Å². The van der Waals surface area contributed by atoms with Gasteiger partial charge in [-0.1, -0.05) is 0 Å². The maximum atomic E-state index is 13.5. The van der Waals surface area contributed by atoms with Gasteiger partial charge >= 0.3 is 0 Å². The standard InChI is InChI=1S/C14H22FN3O2/c1-14(2,9-19)18(3)7-6-13(20)17-12-8-10(16)4-5-11(12)15/h4-5,8,19H,6-7,9,16H2,1-3H3,(H,17,20). The van der Waals surface area contributed by atoms with Crippen molar-refractivity contribution in [3.05, 3.63) is 24.0 Å². The fourth-order valence-electron chi connectivity index (χ4n) is 1.54. The average molecular weight is 283 g/mol. The number of aliphatic hydroxyl groups excluding tert-OH is 1. The summed E-state index contributed by atoms with van der Waals surface area (Å²) < 4.78 is 13.5. The number of halogens is 1. The van der Waals surface area contributed by atoms with E-state index in [0.717, 1.165) is 0 Å². The van der Waals surface area contributed by atoms with Gasteiger partial charge in [0.2, 0.25) is 5.91 Å². The van der Waals surface area contributed by atoms with Gasteiger partial charge in [0.05, 0.1) is 12.3 Å². The molecule has 0 atom stereocenters. The van der Waals surface area contributed by atoms with E-state index in [2.05, 4.69) is 5.32 Å². The number of likely N-dealkylation sites (N-methyl/N-ethyl adjacent to an activating group) is 1. The molecule has 0 aliphatic heterocycles. The van der Waals surface area contributed by atoms with Crippen LogP contribution in [0, 0.1) is 5.82 Å². The number of carbonyl (C=O) groups excluding carboxylic acids is 1. The van der Waals surface area contributed by atoms with Gasteiger partial charge in [0.1, 0.15) is 5.82 Å². The fraction of sp³-hybridized carbons (Fsp3) is 0.500. The van der Waals surface area contributed by atoms with Gasteiger partial charge in [0.15, 0.2) is 0 Å². The van der Waals surface area contributed by atoms with Crippen molar-refractivity contribution in [3.8, 4) is 0 Å². The Morgan fingerprint density at radius 2 is 2.15 bits per heavy atom. The summed E-state index contributed by atoms with van der Waals surface area (Å²) in [6.45, 7) is 4.21. The molecule has 0 aliphatic rings. The lowest BCUT2D eigenvalue weighted by molar-refractivity contribution is -0.116. The van der Waals surface area contributed by atoms with Crippen LogP contribution in [0.5, 0.6) is 0 Å². The Balaban J connectivity index is 2.54. The number of nitrogens with zero attached hydrogens (tertiary/aromatic N) is 1. The lowest BCUT2D eigenvalue weighted by Gasteiger charge is -2.33. The number of hydrogen-bond acceptors (Lipinski definition) is 4. The third-order valence-electron chi connectivity index (χ3n) is 3.36. The van der Waals surface area contributed by atoms with Crippen molar-refractivity contribution in [2.75, 3.05) is 31.2 Å². The van der Waals surface area contributed by atoms with E-state index < -0.39 is 11.4 Å². The molecule has 4 N–H and O–H groups in total. The Morgan fingerprint density at radius 1 is 1.50 bits per heavy atom. The number of anilines is 2. The van der Waals surface area contributed by atoms with E-state index in [1.54, 1.807) is 0 Å². The van der Waals surface area contributed by atoms with Crippen LogP contribution in [0.3, 0.4) is 0 Å². The smallest absolute Gasteiger partial charge is 0.225 e. The third kappa shape index (κ3) is 4.47. The average Bonchev–Trinajstić information content (AvgIpc) is 2.40. The number of benzene rings is 1. The van der Waals surface area contributed by atoms with Crippen molar-refractivity contribution in [2.45, 2.75) is 25.8 Å². The lowest BCUT2D eigenvalue weighted by atomic mass is 10.1. The molecule has 0 aromatic heterocycles. The second-order valence-corrected chi connectivity index (χ2v) is 5.43. The first-order valence-corrected chi connectivity index (χ1v) is 6.43. The molecule has 0 unspecified atom stereocenters. The number of nitrogens with two attached hydrogens (primary N) is 1. The van der Waals surface area contributed by atoms with Gasteiger partial charge in [-0.25, -0.2) is 4.39 Å². The highest BCUT2D eigenvalue weighted by Crippen LogP contribution is 2.18. The maximum absolute atomic E-state index is 13.5. The van der Waals surface area contributed by atoms with Crippen LogP contribution in [0.2, 0.25) is 0 Å². The number of rotatable bonds is 6. The number of hydrogen-bond donors (Lipinski definition) is 3. The van der Waals surface area contributed by atoms with E-state index in [1.165, 1.54) is 18.2 Å². The minimum absolute atomic E-state index is 0.00499. The lowest BCUT2D eigenvalue weighted by Crippen LogP contribution is -2.45. The zero-order valence-corrected chi connectivity index (χ0v) is 12.1. The topological polar surface area (TPSA) is 78.6 Å². The molecule has 20 heavy (non-hydrogen) atoms. The summed E-state index contributed by atoms with van der Waals surface area (Å²) >= 11 is 0. The largest absolute Gasteiger partial charge is 0.399 e. The SMILES string of the molecule is CN(CCC(=O)Nc1cc(N)ccc1F)C(C)(C)CO. The van der Waals surface area contributed by atoms with Crippen molar-refractivity contribution < 1.29 is 14.3 Å².